The van der Waals surface area contributed by atoms with Crippen molar-refractivity contribution in [2.45, 2.75) is 6.42 Å². The minimum absolute atomic E-state index is 0.0454. The normalized spacial score (nSPS) is 16.3. The van der Waals surface area contributed by atoms with Crippen molar-refractivity contribution in [3.8, 4) is 5.75 Å². The van der Waals surface area contributed by atoms with Crippen LogP contribution in [0.1, 0.15) is 12.0 Å². The summed E-state index contributed by atoms with van der Waals surface area (Å²) in [5.41, 5.74) is 1.63. The number of phenols is 1. The quantitative estimate of drug-likeness (QED) is 0.574. The van der Waals surface area contributed by atoms with E-state index in [-0.39, 0.29) is 18.1 Å². The van der Waals surface area contributed by atoms with Crippen LogP contribution >= 0.6 is 0 Å². The highest BCUT2D eigenvalue weighted by Crippen LogP contribution is 2.17. The Hall–Kier alpha value is -3.16. The van der Waals surface area contributed by atoms with Crippen molar-refractivity contribution in [3.05, 3.63) is 66.2 Å². The lowest BCUT2D eigenvalue weighted by Crippen LogP contribution is -2.48. The number of piperazine rings is 1. The van der Waals surface area contributed by atoms with Gasteiger partial charge in [-0.3, -0.25) is 19.4 Å². The zero-order chi connectivity index (χ0) is 22.1. The minimum Gasteiger partial charge on any atom is -0.508 e. The summed E-state index contributed by atoms with van der Waals surface area (Å²) in [6, 6.07) is 16.4. The number of aromatic hydroxyl groups is 1. The summed E-state index contributed by atoms with van der Waals surface area (Å²) in [5, 5.41) is 21.7. The Morgan fingerprint density at radius 3 is 2.39 bits per heavy atom. The molecular formula is C24H29N3O4. The van der Waals surface area contributed by atoms with Crippen LogP contribution in [0.15, 0.2) is 60.7 Å². The Balaban J connectivity index is 1.43. The Kier molecular flexibility index (Phi) is 8.20. The number of benzene rings is 2. The lowest BCUT2D eigenvalue weighted by Gasteiger charge is -2.35. The number of rotatable bonds is 9. The molecule has 1 aliphatic rings. The Bertz CT molecular complexity index is 893. The number of carboxylic acids is 1. The Morgan fingerprint density at radius 1 is 1.00 bits per heavy atom. The van der Waals surface area contributed by atoms with Crippen molar-refractivity contribution >= 4 is 23.6 Å². The number of amides is 1. The van der Waals surface area contributed by atoms with Gasteiger partial charge in [0.05, 0.1) is 5.92 Å². The number of nitrogens with one attached hydrogen (secondary N) is 1. The third kappa shape index (κ3) is 7.55. The number of nitrogens with zero attached hydrogens (tertiary/aromatic N) is 2. The van der Waals surface area contributed by atoms with Gasteiger partial charge in [-0.25, -0.2) is 0 Å². The second-order valence-corrected chi connectivity index (χ2v) is 7.75. The van der Waals surface area contributed by atoms with Gasteiger partial charge >= 0.3 is 5.97 Å². The molecule has 2 aromatic carbocycles. The van der Waals surface area contributed by atoms with Crippen LogP contribution in [-0.4, -0.2) is 71.2 Å². The van der Waals surface area contributed by atoms with E-state index in [1.165, 1.54) is 17.7 Å². The summed E-state index contributed by atoms with van der Waals surface area (Å²) >= 11 is 0. The molecule has 1 atom stereocenters. The van der Waals surface area contributed by atoms with Crippen LogP contribution in [0.3, 0.4) is 0 Å². The maximum absolute atomic E-state index is 12.3. The molecule has 1 saturated heterocycles. The van der Waals surface area contributed by atoms with E-state index in [2.05, 4.69) is 39.4 Å². The highest BCUT2D eigenvalue weighted by atomic mass is 16.4. The van der Waals surface area contributed by atoms with E-state index in [1.54, 1.807) is 12.1 Å². The zero-order valence-corrected chi connectivity index (χ0v) is 17.5. The summed E-state index contributed by atoms with van der Waals surface area (Å²) < 4.78 is 0. The number of hydrogen-bond acceptors (Lipinski definition) is 5. The second-order valence-electron chi connectivity index (χ2n) is 7.75. The van der Waals surface area contributed by atoms with Gasteiger partial charge in [0.15, 0.2) is 0 Å². The first-order valence-electron chi connectivity index (χ1n) is 10.5. The molecule has 7 heteroatoms. The van der Waals surface area contributed by atoms with Crippen LogP contribution < -0.4 is 5.32 Å². The third-order valence-corrected chi connectivity index (χ3v) is 5.33. The van der Waals surface area contributed by atoms with Crippen LogP contribution in [0.2, 0.25) is 0 Å². The average molecular weight is 424 g/mol. The number of aliphatic carboxylic acids is 1. The van der Waals surface area contributed by atoms with Gasteiger partial charge in [-0.15, -0.1) is 0 Å². The van der Waals surface area contributed by atoms with Crippen LogP contribution in [0.4, 0.5) is 5.69 Å². The van der Waals surface area contributed by atoms with E-state index in [1.807, 2.05) is 18.2 Å². The van der Waals surface area contributed by atoms with E-state index >= 15 is 0 Å². The molecule has 1 amide bonds. The van der Waals surface area contributed by atoms with Crippen molar-refractivity contribution in [1.29, 1.82) is 0 Å². The predicted molar refractivity (Wildman–Crippen MR) is 121 cm³/mol. The van der Waals surface area contributed by atoms with E-state index in [9.17, 15) is 19.8 Å². The van der Waals surface area contributed by atoms with Crippen molar-refractivity contribution in [1.82, 2.24) is 9.80 Å². The fourth-order valence-corrected chi connectivity index (χ4v) is 3.62. The lowest BCUT2D eigenvalue weighted by atomic mass is 10.0. The molecule has 1 unspecified atom stereocenters. The summed E-state index contributed by atoms with van der Waals surface area (Å²) in [7, 11) is 0. The molecule has 0 saturated carbocycles. The fraction of sp³-hybridized carbons (Fsp3) is 0.333. The molecular weight excluding hydrogens is 394 g/mol. The first kappa shape index (κ1) is 22.5. The van der Waals surface area contributed by atoms with Gasteiger partial charge < -0.3 is 15.5 Å². The van der Waals surface area contributed by atoms with Crippen LogP contribution in [0.5, 0.6) is 5.75 Å². The highest BCUT2D eigenvalue weighted by molar-refractivity contribution is 5.93. The molecule has 0 aromatic heterocycles. The van der Waals surface area contributed by atoms with Gasteiger partial charge in [-0.1, -0.05) is 48.6 Å². The summed E-state index contributed by atoms with van der Waals surface area (Å²) in [6.45, 7) is 4.48. The largest absolute Gasteiger partial charge is 0.508 e. The van der Waals surface area contributed by atoms with Gasteiger partial charge in [0.2, 0.25) is 5.91 Å². The second kappa shape index (κ2) is 11.3. The van der Waals surface area contributed by atoms with Gasteiger partial charge in [0.1, 0.15) is 5.75 Å². The van der Waals surface area contributed by atoms with Gasteiger partial charge in [0.25, 0.3) is 0 Å². The van der Waals surface area contributed by atoms with Crippen molar-refractivity contribution in [2.75, 3.05) is 44.6 Å². The molecule has 164 valence electrons. The van der Waals surface area contributed by atoms with Gasteiger partial charge in [-0.05, 0) is 17.7 Å². The molecule has 0 aliphatic carbocycles. The number of carboxylic acid groups (broad SMARTS) is 1. The summed E-state index contributed by atoms with van der Waals surface area (Å²) in [4.78, 5) is 28.4. The predicted octanol–water partition coefficient (Wildman–Crippen LogP) is 2.75. The number of carbonyl (C=O) groups is 2. The molecule has 31 heavy (non-hydrogen) atoms. The van der Waals surface area contributed by atoms with Gasteiger partial charge in [-0.2, -0.15) is 0 Å². The fourth-order valence-electron chi connectivity index (χ4n) is 3.62. The molecule has 3 N–H and O–H groups in total. The average Bonchev–Trinajstić information content (AvgIpc) is 2.75. The number of carbonyl (C=O) groups excluding carboxylic acids is 1. The molecule has 1 fully saturated rings. The lowest BCUT2D eigenvalue weighted by molar-refractivity contribution is -0.144. The molecule has 1 aliphatic heterocycles. The molecule has 0 radical (unpaired) electrons. The Labute approximate surface area is 182 Å². The number of anilines is 1. The standard InChI is InChI=1S/C24H29N3O4/c28-22-10-4-9-21(17-22)25-23(29)16-20(24(30)31)18-27-14-12-26(13-15-27)11-5-8-19-6-2-1-3-7-19/h1-10,17,20,28H,11-16,18H2,(H,25,29)(H,30,31)/b8-5+. The molecule has 1 heterocycles. The molecule has 0 spiro atoms. The van der Waals surface area contributed by atoms with E-state index in [4.69, 9.17) is 0 Å². The molecule has 7 nitrogen and oxygen atoms in total. The summed E-state index contributed by atoms with van der Waals surface area (Å²) in [6.07, 6.45) is 4.15. The van der Waals surface area contributed by atoms with Crippen molar-refractivity contribution in [3.63, 3.8) is 0 Å². The Morgan fingerprint density at radius 2 is 1.71 bits per heavy atom. The molecule has 0 bridgehead atoms. The van der Waals surface area contributed by atoms with Crippen LogP contribution in [-0.2, 0) is 9.59 Å². The smallest absolute Gasteiger partial charge is 0.308 e. The topological polar surface area (TPSA) is 93.1 Å². The SMILES string of the molecule is O=C(CC(CN1CCN(C/C=C/c2ccccc2)CC1)C(=O)O)Nc1cccc(O)c1. The monoisotopic (exact) mass is 423 g/mol. The highest BCUT2D eigenvalue weighted by Gasteiger charge is 2.26. The van der Waals surface area contributed by atoms with E-state index in [0.717, 1.165) is 32.7 Å². The molecule has 3 rings (SSSR count). The minimum atomic E-state index is -0.973. The maximum Gasteiger partial charge on any atom is 0.308 e. The van der Waals surface area contributed by atoms with Crippen molar-refractivity contribution < 1.29 is 19.8 Å². The van der Waals surface area contributed by atoms with E-state index in [0.29, 0.717) is 12.2 Å². The third-order valence-electron chi connectivity index (χ3n) is 5.33. The first-order chi connectivity index (χ1) is 15.0. The summed E-state index contributed by atoms with van der Waals surface area (Å²) in [5.74, 6) is -2.08. The van der Waals surface area contributed by atoms with E-state index < -0.39 is 11.9 Å². The van der Waals surface area contributed by atoms with Crippen LogP contribution in [0.25, 0.3) is 6.08 Å². The maximum atomic E-state index is 12.3. The van der Waals surface area contributed by atoms with Gasteiger partial charge in [0, 0.05) is 57.4 Å². The molecule has 2 aromatic rings. The van der Waals surface area contributed by atoms with Crippen molar-refractivity contribution in [2.24, 2.45) is 5.92 Å². The number of hydrogen-bond donors (Lipinski definition) is 3. The number of phenolic OH excluding ortho intramolecular Hbond substituents is 1. The zero-order valence-electron chi connectivity index (χ0n) is 17.5. The first-order valence-corrected chi connectivity index (χ1v) is 10.5. The van der Waals surface area contributed by atoms with Crippen LogP contribution in [0, 0.1) is 5.92 Å².